The van der Waals surface area contributed by atoms with Gasteiger partial charge in [0.05, 0.1) is 0 Å². The predicted octanol–water partition coefficient (Wildman–Crippen LogP) is 1.67. The van der Waals surface area contributed by atoms with Crippen molar-refractivity contribution in [3.8, 4) is 0 Å². The van der Waals surface area contributed by atoms with Crippen LogP contribution in [0.1, 0.15) is 23.2 Å². The van der Waals surface area contributed by atoms with Crippen molar-refractivity contribution in [3.05, 3.63) is 46.6 Å². The van der Waals surface area contributed by atoms with Crippen LogP contribution in [0.5, 0.6) is 0 Å². The Hall–Kier alpha value is -1.40. The number of nitrogens with one attached hydrogen (secondary N) is 2. The second-order valence-corrected chi connectivity index (χ2v) is 6.32. The second-order valence-electron chi connectivity index (χ2n) is 5.89. The van der Waals surface area contributed by atoms with Gasteiger partial charge in [-0.05, 0) is 37.1 Å². The number of aliphatic hydroxyl groups is 1. The molecule has 0 bridgehead atoms. The third-order valence-electron chi connectivity index (χ3n) is 4.03. The normalized spacial score (nSPS) is 16.2. The van der Waals surface area contributed by atoms with Crippen molar-refractivity contribution in [1.29, 1.82) is 0 Å². The zero-order valence-corrected chi connectivity index (χ0v) is 14.7. The molecule has 0 aromatic heterocycles. The van der Waals surface area contributed by atoms with Gasteiger partial charge < -0.3 is 15.7 Å². The van der Waals surface area contributed by atoms with Gasteiger partial charge in [-0.3, -0.25) is 9.69 Å². The molecule has 1 aromatic rings. The van der Waals surface area contributed by atoms with Crippen LogP contribution < -0.4 is 10.6 Å². The van der Waals surface area contributed by atoms with Gasteiger partial charge in [0.2, 0.25) is 0 Å². The molecule has 1 heterocycles. The van der Waals surface area contributed by atoms with E-state index in [0.717, 1.165) is 45.0 Å². The lowest BCUT2D eigenvalue weighted by atomic mass is 10.1. The van der Waals surface area contributed by atoms with Crippen molar-refractivity contribution >= 4 is 17.4 Å². The molecule has 3 N–H and O–H groups in total. The van der Waals surface area contributed by atoms with Crippen LogP contribution in [-0.4, -0.2) is 61.7 Å². The first kappa shape index (κ1) is 18.9. The molecule has 0 amide bonds. The minimum atomic E-state index is -0.0470. The van der Waals surface area contributed by atoms with E-state index in [-0.39, 0.29) is 12.4 Å². The Bertz CT molecular complexity index is 540. The summed E-state index contributed by atoms with van der Waals surface area (Å²) in [6.45, 7) is 6.04. The molecular formula is C18H26ClN3O2. The molecule has 132 valence electrons. The van der Waals surface area contributed by atoms with E-state index in [1.807, 2.05) is 0 Å². The van der Waals surface area contributed by atoms with Crippen molar-refractivity contribution in [3.63, 3.8) is 0 Å². The van der Waals surface area contributed by atoms with Crippen LogP contribution >= 0.6 is 11.6 Å². The Labute approximate surface area is 148 Å². The van der Waals surface area contributed by atoms with Gasteiger partial charge in [-0.15, -0.1) is 0 Å². The fourth-order valence-electron chi connectivity index (χ4n) is 2.65. The zero-order valence-electron chi connectivity index (χ0n) is 13.9. The summed E-state index contributed by atoms with van der Waals surface area (Å²) in [5.41, 5.74) is 1.49. The van der Waals surface area contributed by atoms with Crippen molar-refractivity contribution in [2.75, 3.05) is 45.9 Å². The molecule has 1 aliphatic rings. The number of piperazine rings is 1. The summed E-state index contributed by atoms with van der Waals surface area (Å²) in [6, 6.07) is 6.89. The molecule has 1 aromatic carbocycles. The van der Waals surface area contributed by atoms with Crippen molar-refractivity contribution < 1.29 is 9.90 Å². The number of hydrogen-bond acceptors (Lipinski definition) is 5. The molecule has 0 aliphatic carbocycles. The Morgan fingerprint density at radius 3 is 2.67 bits per heavy atom. The molecule has 6 heteroatoms. The summed E-state index contributed by atoms with van der Waals surface area (Å²) in [4.78, 5) is 14.8. The van der Waals surface area contributed by atoms with E-state index in [4.69, 9.17) is 16.7 Å². The first-order valence-corrected chi connectivity index (χ1v) is 8.85. The number of rotatable bonds is 9. The third-order valence-corrected chi connectivity index (χ3v) is 4.28. The van der Waals surface area contributed by atoms with Gasteiger partial charge in [0.1, 0.15) is 0 Å². The van der Waals surface area contributed by atoms with Gasteiger partial charge in [-0.2, -0.15) is 0 Å². The van der Waals surface area contributed by atoms with Crippen LogP contribution in [0.25, 0.3) is 0 Å². The maximum absolute atomic E-state index is 12.4. The predicted molar refractivity (Wildman–Crippen MR) is 97.5 cm³/mol. The zero-order chi connectivity index (χ0) is 17.2. The molecule has 0 radical (unpaired) electrons. The van der Waals surface area contributed by atoms with Crippen LogP contribution in [0.2, 0.25) is 5.02 Å². The molecule has 0 spiro atoms. The van der Waals surface area contributed by atoms with Gasteiger partial charge in [0, 0.05) is 68.2 Å². The van der Waals surface area contributed by atoms with E-state index in [1.54, 1.807) is 30.3 Å². The molecule has 0 atom stereocenters. The molecule has 0 saturated carbocycles. The number of carbonyl (C=O) groups is 1. The highest BCUT2D eigenvalue weighted by molar-refractivity contribution is 6.30. The maximum atomic E-state index is 12.4. The minimum absolute atomic E-state index is 0.0470. The highest BCUT2D eigenvalue weighted by Gasteiger charge is 2.09. The molecule has 1 aliphatic heterocycles. The summed E-state index contributed by atoms with van der Waals surface area (Å²) in [5.74, 6) is -0.0470. The van der Waals surface area contributed by atoms with Crippen molar-refractivity contribution in [2.45, 2.75) is 12.8 Å². The van der Waals surface area contributed by atoms with Gasteiger partial charge in [-0.25, -0.2) is 0 Å². The van der Waals surface area contributed by atoms with E-state index in [2.05, 4.69) is 15.5 Å². The van der Waals surface area contributed by atoms with E-state index >= 15 is 0 Å². The molecule has 1 fully saturated rings. The number of aliphatic hydroxyl groups excluding tert-OH is 1. The Kier molecular flexibility index (Phi) is 8.25. The van der Waals surface area contributed by atoms with Crippen LogP contribution in [0.3, 0.4) is 0 Å². The van der Waals surface area contributed by atoms with Crippen LogP contribution in [0, 0.1) is 0 Å². The van der Waals surface area contributed by atoms with Crippen molar-refractivity contribution in [2.24, 2.45) is 0 Å². The molecule has 0 unspecified atom stereocenters. The van der Waals surface area contributed by atoms with Crippen molar-refractivity contribution in [1.82, 2.24) is 15.5 Å². The van der Waals surface area contributed by atoms with E-state index < -0.39 is 0 Å². The van der Waals surface area contributed by atoms with Crippen LogP contribution in [0.4, 0.5) is 0 Å². The van der Waals surface area contributed by atoms with Crippen LogP contribution in [0.15, 0.2) is 36.0 Å². The number of nitrogens with zero attached hydrogens (tertiary/aromatic N) is 1. The minimum Gasteiger partial charge on any atom is -0.396 e. The quantitative estimate of drug-likeness (QED) is 0.466. The van der Waals surface area contributed by atoms with E-state index in [0.29, 0.717) is 23.4 Å². The first-order chi connectivity index (χ1) is 11.7. The number of halogens is 1. The monoisotopic (exact) mass is 351 g/mol. The lowest BCUT2D eigenvalue weighted by Crippen LogP contribution is -2.45. The third kappa shape index (κ3) is 6.61. The average Bonchev–Trinajstić information content (AvgIpc) is 2.61. The van der Waals surface area contributed by atoms with Gasteiger partial charge in [0.15, 0.2) is 5.78 Å². The number of hydrogen-bond donors (Lipinski definition) is 3. The SMILES string of the molecule is O=C(/C=C(\CCCO)NCCN1CCNCC1)c1ccc(Cl)cc1. The number of benzene rings is 1. The number of allylic oxidation sites excluding steroid dienone is 2. The van der Waals surface area contributed by atoms with Gasteiger partial charge >= 0.3 is 0 Å². The highest BCUT2D eigenvalue weighted by Crippen LogP contribution is 2.12. The number of carbonyl (C=O) groups excluding carboxylic acids is 1. The highest BCUT2D eigenvalue weighted by atomic mass is 35.5. The Morgan fingerprint density at radius 1 is 1.29 bits per heavy atom. The second kappa shape index (κ2) is 10.5. The topological polar surface area (TPSA) is 64.6 Å². The summed E-state index contributed by atoms with van der Waals surface area (Å²) >= 11 is 5.86. The smallest absolute Gasteiger partial charge is 0.187 e. The van der Waals surface area contributed by atoms with E-state index in [1.165, 1.54) is 0 Å². The van der Waals surface area contributed by atoms with Gasteiger partial charge in [-0.1, -0.05) is 11.6 Å². The summed E-state index contributed by atoms with van der Waals surface area (Å²) in [7, 11) is 0. The van der Waals surface area contributed by atoms with E-state index in [9.17, 15) is 4.79 Å². The lowest BCUT2D eigenvalue weighted by Gasteiger charge is -2.27. The molecule has 2 rings (SSSR count). The fraction of sp³-hybridized carbons (Fsp3) is 0.500. The average molecular weight is 352 g/mol. The molecule has 24 heavy (non-hydrogen) atoms. The molecule has 5 nitrogen and oxygen atoms in total. The van der Waals surface area contributed by atoms with Crippen LogP contribution in [-0.2, 0) is 0 Å². The maximum Gasteiger partial charge on any atom is 0.187 e. The number of ketones is 1. The molecular weight excluding hydrogens is 326 g/mol. The summed E-state index contributed by atoms with van der Waals surface area (Å²) in [6.07, 6.45) is 2.94. The largest absolute Gasteiger partial charge is 0.396 e. The Balaban J connectivity index is 1.90. The Morgan fingerprint density at radius 2 is 2.00 bits per heavy atom. The lowest BCUT2D eigenvalue weighted by molar-refractivity contribution is 0.104. The fourth-order valence-corrected chi connectivity index (χ4v) is 2.77. The standard InChI is InChI=1S/C18H26ClN3O2/c19-16-5-3-15(4-6-16)18(24)14-17(2-1-13-23)21-9-12-22-10-7-20-8-11-22/h3-6,14,20-21,23H,1-2,7-13H2/b17-14+. The summed E-state index contributed by atoms with van der Waals surface area (Å²) < 4.78 is 0. The molecule has 1 saturated heterocycles. The first-order valence-electron chi connectivity index (χ1n) is 8.47. The summed E-state index contributed by atoms with van der Waals surface area (Å²) in [5, 5.41) is 16.4. The van der Waals surface area contributed by atoms with Gasteiger partial charge in [0.25, 0.3) is 0 Å².